The number of pyridine rings is 1. The van der Waals surface area contributed by atoms with Crippen LogP contribution in [0.3, 0.4) is 0 Å². The lowest BCUT2D eigenvalue weighted by atomic mass is 9.84. The molecule has 4 nitrogen and oxygen atoms in total. The zero-order valence-corrected chi connectivity index (χ0v) is 16.0. The number of halogens is 4. The predicted octanol–water partition coefficient (Wildman–Crippen LogP) is 5.06. The Morgan fingerprint density at radius 2 is 1.90 bits per heavy atom. The number of nitrogens with two attached hydrogens (primary N) is 1. The van der Waals surface area contributed by atoms with Crippen molar-refractivity contribution in [3.63, 3.8) is 0 Å². The molecule has 29 heavy (non-hydrogen) atoms. The smallest absolute Gasteiger partial charge is 0.325 e. The van der Waals surface area contributed by atoms with E-state index < -0.39 is 29.5 Å². The van der Waals surface area contributed by atoms with Gasteiger partial charge in [0.25, 0.3) is 0 Å². The van der Waals surface area contributed by atoms with Crippen molar-refractivity contribution in [1.82, 2.24) is 4.98 Å². The SMILES string of the molecule is Cc1nccc(C(F)(F)F)c1-c1ccc(NC(=O)[C@@H](N)C2CCCCC2)cc1F. The number of carbonyl (C=O) groups is 1. The summed E-state index contributed by atoms with van der Waals surface area (Å²) in [6, 6.07) is 3.72. The minimum Gasteiger partial charge on any atom is -0.325 e. The van der Waals surface area contributed by atoms with Gasteiger partial charge in [-0.2, -0.15) is 13.2 Å². The van der Waals surface area contributed by atoms with E-state index in [2.05, 4.69) is 10.3 Å². The summed E-state index contributed by atoms with van der Waals surface area (Å²) in [7, 11) is 0. The summed E-state index contributed by atoms with van der Waals surface area (Å²) in [6.07, 6.45) is 1.34. The standard InChI is InChI=1S/C21H23F4N3O/c1-12-18(16(9-10-27-12)21(23,24)25)15-8-7-14(11-17(15)22)28-20(29)19(26)13-5-3-2-4-6-13/h7-11,13,19H,2-6,26H2,1H3,(H,28,29)/t19-/m0/s1. The van der Waals surface area contributed by atoms with Gasteiger partial charge < -0.3 is 11.1 Å². The number of aryl methyl sites for hydroxylation is 1. The van der Waals surface area contributed by atoms with Gasteiger partial charge in [0.05, 0.1) is 11.6 Å². The molecule has 0 bridgehead atoms. The molecule has 1 atom stereocenters. The summed E-state index contributed by atoms with van der Waals surface area (Å²) in [5, 5.41) is 2.58. The highest BCUT2D eigenvalue weighted by molar-refractivity contribution is 5.95. The van der Waals surface area contributed by atoms with Gasteiger partial charge >= 0.3 is 6.18 Å². The van der Waals surface area contributed by atoms with Crippen molar-refractivity contribution >= 4 is 11.6 Å². The Balaban J connectivity index is 1.84. The number of amides is 1. The molecule has 1 aromatic carbocycles. The highest BCUT2D eigenvalue weighted by atomic mass is 19.4. The second-order valence-electron chi connectivity index (χ2n) is 7.42. The fourth-order valence-corrected chi connectivity index (χ4v) is 3.87. The Morgan fingerprint density at radius 3 is 2.52 bits per heavy atom. The van der Waals surface area contributed by atoms with Crippen LogP contribution in [0, 0.1) is 18.7 Å². The van der Waals surface area contributed by atoms with Crippen LogP contribution in [0.4, 0.5) is 23.2 Å². The number of hydrogen-bond acceptors (Lipinski definition) is 3. The largest absolute Gasteiger partial charge is 0.417 e. The average Bonchev–Trinajstić information content (AvgIpc) is 2.68. The van der Waals surface area contributed by atoms with Crippen LogP contribution < -0.4 is 11.1 Å². The van der Waals surface area contributed by atoms with E-state index in [0.717, 1.165) is 50.4 Å². The van der Waals surface area contributed by atoms with Crippen LogP contribution in [0.2, 0.25) is 0 Å². The molecular formula is C21H23F4N3O. The number of alkyl halides is 3. The lowest BCUT2D eigenvalue weighted by Gasteiger charge is -2.26. The van der Waals surface area contributed by atoms with Crippen molar-refractivity contribution in [3.8, 4) is 11.1 Å². The molecule has 1 fully saturated rings. The first-order valence-corrected chi connectivity index (χ1v) is 9.57. The van der Waals surface area contributed by atoms with Crippen molar-refractivity contribution in [3.05, 3.63) is 47.5 Å². The summed E-state index contributed by atoms with van der Waals surface area (Å²) in [6.45, 7) is 1.39. The molecule has 1 aliphatic rings. The fourth-order valence-electron chi connectivity index (χ4n) is 3.87. The normalized spacial score (nSPS) is 16.5. The van der Waals surface area contributed by atoms with Gasteiger partial charge in [-0.15, -0.1) is 0 Å². The third-order valence-corrected chi connectivity index (χ3v) is 5.41. The van der Waals surface area contributed by atoms with E-state index in [-0.39, 0.29) is 28.4 Å². The molecule has 0 saturated heterocycles. The van der Waals surface area contributed by atoms with Gasteiger partial charge in [-0.05, 0) is 49.9 Å². The van der Waals surface area contributed by atoms with E-state index >= 15 is 0 Å². The molecule has 3 rings (SSSR count). The lowest BCUT2D eigenvalue weighted by molar-refractivity contribution is -0.137. The maximum absolute atomic E-state index is 14.7. The third-order valence-electron chi connectivity index (χ3n) is 5.41. The van der Waals surface area contributed by atoms with Crippen LogP contribution in [0.5, 0.6) is 0 Å². The van der Waals surface area contributed by atoms with Crippen LogP contribution in [0.25, 0.3) is 11.1 Å². The first kappa shape index (κ1) is 21.2. The summed E-state index contributed by atoms with van der Waals surface area (Å²) < 4.78 is 54.7. The Labute approximate surface area is 166 Å². The van der Waals surface area contributed by atoms with Gasteiger partial charge in [0.1, 0.15) is 5.82 Å². The number of carbonyl (C=O) groups excluding carboxylic acids is 1. The molecule has 1 aromatic heterocycles. The Morgan fingerprint density at radius 1 is 1.21 bits per heavy atom. The Bertz CT molecular complexity index is 892. The number of anilines is 1. The van der Waals surface area contributed by atoms with E-state index in [4.69, 9.17) is 5.73 Å². The quantitative estimate of drug-likeness (QED) is 0.694. The molecule has 1 amide bonds. The number of hydrogen-bond donors (Lipinski definition) is 2. The zero-order chi connectivity index (χ0) is 21.2. The van der Waals surface area contributed by atoms with Crippen LogP contribution in [-0.2, 0) is 11.0 Å². The van der Waals surface area contributed by atoms with Crippen LogP contribution >= 0.6 is 0 Å². The Hall–Kier alpha value is -2.48. The fraction of sp³-hybridized carbons (Fsp3) is 0.429. The summed E-state index contributed by atoms with van der Waals surface area (Å²) in [5.41, 5.74) is 4.77. The van der Waals surface area contributed by atoms with E-state index in [1.54, 1.807) is 0 Å². The minimum atomic E-state index is -4.64. The maximum atomic E-state index is 14.7. The summed E-state index contributed by atoms with van der Waals surface area (Å²) in [5.74, 6) is -1.21. The minimum absolute atomic E-state index is 0.0647. The number of nitrogens with zero attached hydrogens (tertiary/aromatic N) is 1. The van der Waals surface area contributed by atoms with Crippen LogP contribution in [0.15, 0.2) is 30.5 Å². The van der Waals surface area contributed by atoms with Gasteiger partial charge in [0.2, 0.25) is 5.91 Å². The maximum Gasteiger partial charge on any atom is 0.417 e. The topological polar surface area (TPSA) is 68.0 Å². The molecule has 3 N–H and O–H groups in total. The molecular weight excluding hydrogens is 386 g/mol. The number of aromatic nitrogens is 1. The average molecular weight is 409 g/mol. The van der Waals surface area contributed by atoms with Crippen molar-refractivity contribution in [2.24, 2.45) is 11.7 Å². The summed E-state index contributed by atoms with van der Waals surface area (Å²) in [4.78, 5) is 16.3. The van der Waals surface area contributed by atoms with Gasteiger partial charge in [0.15, 0.2) is 0 Å². The van der Waals surface area contributed by atoms with Gasteiger partial charge in [-0.3, -0.25) is 9.78 Å². The summed E-state index contributed by atoms with van der Waals surface area (Å²) >= 11 is 0. The van der Waals surface area contributed by atoms with Crippen molar-refractivity contribution in [2.45, 2.75) is 51.2 Å². The van der Waals surface area contributed by atoms with Crippen LogP contribution in [-0.4, -0.2) is 16.9 Å². The molecule has 1 saturated carbocycles. The van der Waals surface area contributed by atoms with Gasteiger partial charge in [-0.1, -0.05) is 19.3 Å². The highest BCUT2D eigenvalue weighted by Crippen LogP contribution is 2.39. The first-order valence-electron chi connectivity index (χ1n) is 9.57. The zero-order valence-electron chi connectivity index (χ0n) is 16.0. The molecule has 8 heteroatoms. The van der Waals surface area contributed by atoms with Crippen LogP contribution in [0.1, 0.15) is 43.4 Å². The molecule has 0 aliphatic heterocycles. The molecule has 0 spiro atoms. The van der Waals surface area contributed by atoms with Crippen molar-refractivity contribution in [2.75, 3.05) is 5.32 Å². The molecule has 156 valence electrons. The van der Waals surface area contributed by atoms with E-state index in [0.29, 0.717) is 0 Å². The van der Waals surface area contributed by atoms with E-state index in [1.807, 2.05) is 0 Å². The number of rotatable bonds is 4. The number of benzene rings is 1. The predicted molar refractivity (Wildman–Crippen MR) is 103 cm³/mol. The van der Waals surface area contributed by atoms with Gasteiger partial charge in [-0.25, -0.2) is 4.39 Å². The molecule has 0 unspecified atom stereocenters. The highest BCUT2D eigenvalue weighted by Gasteiger charge is 2.35. The van der Waals surface area contributed by atoms with Crippen molar-refractivity contribution < 1.29 is 22.4 Å². The Kier molecular flexibility index (Phi) is 6.21. The molecule has 2 aromatic rings. The third kappa shape index (κ3) is 4.75. The second kappa shape index (κ2) is 8.49. The number of nitrogens with one attached hydrogen (secondary N) is 1. The monoisotopic (exact) mass is 409 g/mol. The van der Waals surface area contributed by atoms with E-state index in [1.165, 1.54) is 19.1 Å². The first-order chi connectivity index (χ1) is 13.7. The van der Waals surface area contributed by atoms with Gasteiger partial charge in [0, 0.05) is 28.7 Å². The lowest BCUT2D eigenvalue weighted by Crippen LogP contribution is -2.42. The molecule has 1 heterocycles. The molecule has 0 radical (unpaired) electrons. The molecule has 1 aliphatic carbocycles. The second-order valence-corrected chi connectivity index (χ2v) is 7.42. The van der Waals surface area contributed by atoms with Crippen molar-refractivity contribution in [1.29, 1.82) is 0 Å². The van der Waals surface area contributed by atoms with E-state index in [9.17, 15) is 22.4 Å².